The zero-order valence-corrected chi connectivity index (χ0v) is 13.7. The van der Waals surface area contributed by atoms with Crippen LogP contribution in [0, 0.1) is 0 Å². The third-order valence-electron chi connectivity index (χ3n) is 4.93. The fourth-order valence-electron chi connectivity index (χ4n) is 3.62. The first-order chi connectivity index (χ1) is 10.2. The number of carbonyl (C=O) groups is 1. The van der Waals surface area contributed by atoms with Gasteiger partial charge in [0.25, 0.3) is 0 Å². The van der Waals surface area contributed by atoms with Crippen molar-refractivity contribution in [2.75, 3.05) is 12.4 Å². The molecule has 3 rings (SSSR count). The van der Waals surface area contributed by atoms with E-state index in [1.54, 1.807) is 11.3 Å². The Labute approximate surface area is 130 Å². The Bertz CT molecular complexity index is 482. The maximum atomic E-state index is 12.4. The molecule has 4 nitrogen and oxygen atoms in total. The molecule has 0 aliphatic heterocycles. The van der Waals surface area contributed by atoms with Crippen molar-refractivity contribution < 1.29 is 4.79 Å². The minimum atomic E-state index is -0.000784. The number of hydrogen-bond acceptors (Lipinski definition) is 4. The van der Waals surface area contributed by atoms with Crippen LogP contribution in [-0.4, -0.2) is 23.5 Å². The number of nitrogens with one attached hydrogen (secondary N) is 2. The fraction of sp³-hybridized carbons (Fsp3) is 0.750. The van der Waals surface area contributed by atoms with E-state index in [1.165, 1.54) is 42.7 Å². The molecule has 1 aromatic heterocycles. The second-order valence-electron chi connectivity index (χ2n) is 6.41. The van der Waals surface area contributed by atoms with E-state index >= 15 is 0 Å². The molecule has 0 aromatic carbocycles. The van der Waals surface area contributed by atoms with Gasteiger partial charge < -0.3 is 10.6 Å². The van der Waals surface area contributed by atoms with Crippen LogP contribution in [0.15, 0.2) is 0 Å². The van der Waals surface area contributed by atoms with Crippen LogP contribution in [0.4, 0.5) is 5.13 Å². The van der Waals surface area contributed by atoms with Gasteiger partial charge in [-0.25, -0.2) is 4.98 Å². The number of aromatic nitrogens is 1. The Balaban J connectivity index is 1.61. The molecule has 21 heavy (non-hydrogen) atoms. The molecule has 0 spiro atoms. The summed E-state index contributed by atoms with van der Waals surface area (Å²) in [5, 5.41) is 7.24. The van der Waals surface area contributed by atoms with Gasteiger partial charge in [-0.15, -0.1) is 11.3 Å². The lowest BCUT2D eigenvalue weighted by atomic mass is 9.79. The molecule has 116 valence electrons. The predicted octanol–water partition coefficient (Wildman–Crippen LogP) is 3.27. The number of anilines is 1. The average Bonchev–Trinajstić information content (AvgIpc) is 2.90. The van der Waals surface area contributed by atoms with Crippen LogP contribution in [0.1, 0.15) is 61.9 Å². The summed E-state index contributed by atoms with van der Waals surface area (Å²) in [5.41, 5.74) is 1.21. The SMILES string of the molecule is CNC1(CC(=O)Nc2nc3c(s2)CCCC3)CCCCC1. The minimum absolute atomic E-state index is 0.000784. The van der Waals surface area contributed by atoms with E-state index in [1.807, 2.05) is 7.05 Å². The molecule has 2 N–H and O–H groups in total. The number of fused-ring (bicyclic) bond motifs is 1. The Morgan fingerprint density at radius 1 is 1.19 bits per heavy atom. The maximum Gasteiger partial charge on any atom is 0.228 e. The van der Waals surface area contributed by atoms with Gasteiger partial charge in [0.15, 0.2) is 5.13 Å². The van der Waals surface area contributed by atoms with E-state index in [2.05, 4.69) is 15.6 Å². The van der Waals surface area contributed by atoms with Gasteiger partial charge in [-0.05, 0) is 45.6 Å². The molecule has 0 unspecified atom stereocenters. The Morgan fingerprint density at radius 3 is 2.67 bits per heavy atom. The third-order valence-corrected chi connectivity index (χ3v) is 6.00. The summed E-state index contributed by atoms with van der Waals surface area (Å²) >= 11 is 1.67. The number of hydrogen-bond donors (Lipinski definition) is 2. The first kappa shape index (κ1) is 15.0. The molecule has 2 aliphatic rings. The Hall–Kier alpha value is -0.940. The molecule has 1 fully saturated rings. The van der Waals surface area contributed by atoms with Crippen LogP contribution >= 0.6 is 11.3 Å². The van der Waals surface area contributed by atoms with Gasteiger partial charge in [0.05, 0.1) is 5.69 Å². The van der Waals surface area contributed by atoms with Gasteiger partial charge in [0, 0.05) is 16.8 Å². The van der Waals surface area contributed by atoms with Crippen LogP contribution in [0.5, 0.6) is 0 Å². The van der Waals surface area contributed by atoms with Crippen LogP contribution < -0.4 is 10.6 Å². The number of carbonyl (C=O) groups excluding carboxylic acids is 1. The van der Waals surface area contributed by atoms with Gasteiger partial charge in [-0.2, -0.15) is 0 Å². The van der Waals surface area contributed by atoms with Gasteiger partial charge in [-0.1, -0.05) is 19.3 Å². The minimum Gasteiger partial charge on any atom is -0.314 e. The standard InChI is InChI=1S/C16H25N3OS/c1-17-16(9-5-2-6-10-16)11-14(20)19-15-18-12-7-3-4-8-13(12)21-15/h17H,2-11H2,1H3,(H,18,19,20). The summed E-state index contributed by atoms with van der Waals surface area (Å²) in [6, 6.07) is 0. The van der Waals surface area contributed by atoms with Crippen LogP contribution in [0.25, 0.3) is 0 Å². The van der Waals surface area contributed by atoms with E-state index in [0.29, 0.717) is 6.42 Å². The molecule has 0 radical (unpaired) electrons. The Morgan fingerprint density at radius 2 is 1.95 bits per heavy atom. The summed E-state index contributed by atoms with van der Waals surface area (Å²) in [4.78, 5) is 18.3. The first-order valence-corrected chi connectivity index (χ1v) is 9.00. The molecule has 0 bridgehead atoms. The van der Waals surface area contributed by atoms with Crippen molar-refractivity contribution in [1.82, 2.24) is 10.3 Å². The predicted molar refractivity (Wildman–Crippen MR) is 86.9 cm³/mol. The zero-order valence-electron chi connectivity index (χ0n) is 12.8. The topological polar surface area (TPSA) is 54.0 Å². The lowest BCUT2D eigenvalue weighted by molar-refractivity contribution is -0.117. The van der Waals surface area contributed by atoms with Crippen molar-refractivity contribution in [3.05, 3.63) is 10.6 Å². The number of aryl methyl sites for hydroxylation is 2. The molecule has 1 aromatic rings. The summed E-state index contributed by atoms with van der Waals surface area (Å²) in [6.45, 7) is 0. The Kier molecular flexibility index (Phi) is 4.60. The average molecular weight is 307 g/mol. The molecule has 1 heterocycles. The summed E-state index contributed by atoms with van der Waals surface area (Å²) in [7, 11) is 1.99. The molecular weight excluding hydrogens is 282 g/mol. The van der Waals surface area contributed by atoms with Crippen molar-refractivity contribution in [3.63, 3.8) is 0 Å². The van der Waals surface area contributed by atoms with E-state index in [-0.39, 0.29) is 11.4 Å². The maximum absolute atomic E-state index is 12.4. The van der Waals surface area contributed by atoms with Gasteiger partial charge >= 0.3 is 0 Å². The highest BCUT2D eigenvalue weighted by atomic mass is 32.1. The van der Waals surface area contributed by atoms with Crippen molar-refractivity contribution in [2.24, 2.45) is 0 Å². The lowest BCUT2D eigenvalue weighted by Crippen LogP contribution is -2.47. The van der Waals surface area contributed by atoms with Crippen molar-refractivity contribution >= 4 is 22.4 Å². The van der Waals surface area contributed by atoms with Crippen molar-refractivity contribution in [1.29, 1.82) is 0 Å². The van der Waals surface area contributed by atoms with E-state index in [0.717, 1.165) is 30.8 Å². The molecule has 0 saturated heterocycles. The first-order valence-electron chi connectivity index (χ1n) is 8.18. The van der Waals surface area contributed by atoms with Crippen LogP contribution in [0.3, 0.4) is 0 Å². The largest absolute Gasteiger partial charge is 0.314 e. The van der Waals surface area contributed by atoms with E-state index in [9.17, 15) is 4.79 Å². The molecule has 5 heteroatoms. The van der Waals surface area contributed by atoms with Gasteiger partial charge in [-0.3, -0.25) is 4.79 Å². The third kappa shape index (κ3) is 3.46. The van der Waals surface area contributed by atoms with E-state index < -0.39 is 0 Å². The zero-order chi connectivity index (χ0) is 14.7. The monoisotopic (exact) mass is 307 g/mol. The van der Waals surface area contributed by atoms with Crippen molar-refractivity contribution in [3.8, 4) is 0 Å². The summed E-state index contributed by atoms with van der Waals surface area (Å²) in [6.07, 6.45) is 11.2. The highest BCUT2D eigenvalue weighted by Gasteiger charge is 2.32. The molecule has 0 atom stereocenters. The molecular formula is C16H25N3OS. The van der Waals surface area contributed by atoms with Crippen LogP contribution in [0.2, 0.25) is 0 Å². The van der Waals surface area contributed by atoms with Crippen LogP contribution in [-0.2, 0) is 17.6 Å². The second kappa shape index (κ2) is 6.44. The normalized spacial score (nSPS) is 20.8. The molecule has 2 aliphatic carbocycles. The number of rotatable bonds is 4. The van der Waals surface area contributed by atoms with Gasteiger partial charge in [0.1, 0.15) is 0 Å². The molecule has 1 saturated carbocycles. The summed E-state index contributed by atoms with van der Waals surface area (Å²) in [5.74, 6) is 0.109. The number of amides is 1. The highest BCUT2D eigenvalue weighted by Crippen LogP contribution is 2.32. The second-order valence-corrected chi connectivity index (χ2v) is 7.50. The quantitative estimate of drug-likeness (QED) is 0.897. The van der Waals surface area contributed by atoms with E-state index in [4.69, 9.17) is 0 Å². The number of thiazole rings is 1. The van der Waals surface area contributed by atoms with Crippen molar-refractivity contribution in [2.45, 2.75) is 69.7 Å². The summed E-state index contributed by atoms with van der Waals surface area (Å²) < 4.78 is 0. The number of nitrogens with zero attached hydrogens (tertiary/aromatic N) is 1. The lowest BCUT2D eigenvalue weighted by Gasteiger charge is -2.36. The molecule has 1 amide bonds. The highest BCUT2D eigenvalue weighted by molar-refractivity contribution is 7.15. The smallest absolute Gasteiger partial charge is 0.228 e. The van der Waals surface area contributed by atoms with Gasteiger partial charge in [0.2, 0.25) is 5.91 Å². The fourth-order valence-corrected chi connectivity index (χ4v) is 4.69.